The van der Waals surface area contributed by atoms with E-state index in [1.165, 1.54) is 9.75 Å². The van der Waals surface area contributed by atoms with E-state index in [4.69, 9.17) is 0 Å². The second kappa shape index (κ2) is 2.31. The number of hydrogen-bond donors (Lipinski definition) is 0. The van der Waals surface area contributed by atoms with E-state index in [-0.39, 0.29) is 0 Å². The van der Waals surface area contributed by atoms with Gasteiger partial charge in [-0.15, -0.1) is 11.3 Å². The first-order chi connectivity index (χ1) is 3.83. The highest BCUT2D eigenvalue weighted by Crippen LogP contribution is 2.15. The van der Waals surface area contributed by atoms with Crippen molar-refractivity contribution < 1.29 is 0 Å². The summed E-state index contributed by atoms with van der Waals surface area (Å²) >= 11 is 1.83. The van der Waals surface area contributed by atoms with Crippen LogP contribution in [0.3, 0.4) is 0 Å². The highest BCUT2D eigenvalue weighted by Gasteiger charge is 1.89. The molecule has 43 valence electrons. The molecule has 0 saturated carbocycles. The van der Waals surface area contributed by atoms with Gasteiger partial charge in [0.2, 0.25) is 0 Å². The largest absolute Gasteiger partial charge is 0.145 e. The Labute approximate surface area is 54.2 Å². The summed E-state index contributed by atoms with van der Waals surface area (Å²) in [5.74, 6) is 0. The Hall–Kier alpha value is -0.300. The van der Waals surface area contributed by atoms with Crippen molar-refractivity contribution in [1.29, 1.82) is 0 Å². The molecule has 0 N–H and O–H groups in total. The fourth-order valence-corrected chi connectivity index (χ4v) is 1.37. The summed E-state index contributed by atoms with van der Waals surface area (Å²) in [5, 5.41) is 0. The lowest BCUT2D eigenvalue weighted by Crippen LogP contribution is -1.59. The molecule has 1 rings (SSSR count). The van der Waals surface area contributed by atoms with Gasteiger partial charge in [0.25, 0.3) is 0 Å². The van der Waals surface area contributed by atoms with Crippen molar-refractivity contribution in [2.24, 2.45) is 0 Å². The zero-order chi connectivity index (χ0) is 5.98. The zero-order valence-corrected chi connectivity index (χ0v) is 5.96. The second-order valence-corrected chi connectivity index (χ2v) is 3.06. The van der Waals surface area contributed by atoms with Crippen LogP contribution in [0.15, 0.2) is 12.1 Å². The monoisotopic (exact) mass is 125 g/mol. The van der Waals surface area contributed by atoms with Crippen molar-refractivity contribution in [3.63, 3.8) is 0 Å². The molecule has 0 fully saturated rings. The van der Waals surface area contributed by atoms with Gasteiger partial charge in [-0.1, -0.05) is 6.92 Å². The highest BCUT2D eigenvalue weighted by atomic mass is 32.1. The summed E-state index contributed by atoms with van der Waals surface area (Å²) < 4.78 is 0. The lowest BCUT2D eigenvalue weighted by molar-refractivity contribution is 1.52. The summed E-state index contributed by atoms with van der Waals surface area (Å²) in [5.41, 5.74) is 0. The summed E-state index contributed by atoms with van der Waals surface area (Å²) in [7, 11) is 0. The van der Waals surface area contributed by atoms with Crippen molar-refractivity contribution in [2.45, 2.75) is 13.8 Å². The SMILES string of the molecule is C[CH]c1ccc(C)s1. The zero-order valence-electron chi connectivity index (χ0n) is 5.14. The standard InChI is InChI=1S/C7H9S/c1-3-7-5-4-6(2)8-7/h3-5H,1-2H3. The average Bonchev–Trinajstić information content (AvgIpc) is 2.14. The van der Waals surface area contributed by atoms with E-state index in [0.29, 0.717) is 0 Å². The maximum atomic E-state index is 2.14. The second-order valence-electron chi connectivity index (χ2n) is 1.74. The van der Waals surface area contributed by atoms with Gasteiger partial charge in [0.1, 0.15) is 0 Å². The summed E-state index contributed by atoms with van der Waals surface area (Å²) in [6.45, 7) is 4.18. The molecule has 0 nitrogen and oxygen atoms in total. The van der Waals surface area contributed by atoms with Crippen LogP contribution in [0.4, 0.5) is 0 Å². The molecule has 0 saturated heterocycles. The minimum atomic E-state index is 1.36. The summed E-state index contributed by atoms with van der Waals surface area (Å²) in [6, 6.07) is 4.28. The minimum absolute atomic E-state index is 1.36. The van der Waals surface area contributed by atoms with E-state index < -0.39 is 0 Å². The van der Waals surface area contributed by atoms with Crippen LogP contribution in [-0.2, 0) is 0 Å². The average molecular weight is 125 g/mol. The van der Waals surface area contributed by atoms with Gasteiger partial charge in [-0.2, -0.15) is 0 Å². The quantitative estimate of drug-likeness (QED) is 0.541. The highest BCUT2D eigenvalue weighted by molar-refractivity contribution is 7.12. The van der Waals surface area contributed by atoms with E-state index in [2.05, 4.69) is 32.4 Å². The predicted octanol–water partition coefficient (Wildman–Crippen LogP) is 2.63. The molecule has 0 bridgehead atoms. The lowest BCUT2D eigenvalue weighted by atomic mass is 10.4. The number of aryl methyl sites for hydroxylation is 1. The van der Waals surface area contributed by atoms with E-state index in [1.807, 2.05) is 11.3 Å². The molecule has 0 aliphatic carbocycles. The molecule has 0 spiro atoms. The number of rotatable bonds is 1. The van der Waals surface area contributed by atoms with Crippen LogP contribution >= 0.6 is 11.3 Å². The maximum Gasteiger partial charge on any atom is 0.00825 e. The van der Waals surface area contributed by atoms with Gasteiger partial charge in [0, 0.05) is 9.75 Å². The van der Waals surface area contributed by atoms with Gasteiger partial charge in [-0.05, 0) is 25.5 Å². The van der Waals surface area contributed by atoms with Crippen LogP contribution in [0.2, 0.25) is 0 Å². The third kappa shape index (κ3) is 1.10. The third-order valence-electron chi connectivity index (χ3n) is 1.05. The van der Waals surface area contributed by atoms with Gasteiger partial charge in [-0.3, -0.25) is 0 Å². The summed E-state index contributed by atoms with van der Waals surface area (Å²) in [4.78, 5) is 2.75. The van der Waals surface area contributed by atoms with E-state index >= 15 is 0 Å². The van der Waals surface area contributed by atoms with Gasteiger partial charge in [0.15, 0.2) is 0 Å². The minimum Gasteiger partial charge on any atom is -0.145 e. The van der Waals surface area contributed by atoms with E-state index in [9.17, 15) is 0 Å². The van der Waals surface area contributed by atoms with Crippen molar-refractivity contribution >= 4 is 11.3 Å². The van der Waals surface area contributed by atoms with Crippen LogP contribution in [-0.4, -0.2) is 0 Å². The van der Waals surface area contributed by atoms with Gasteiger partial charge < -0.3 is 0 Å². The molecule has 1 heteroatoms. The number of thiophene rings is 1. The Kier molecular flexibility index (Phi) is 1.69. The first kappa shape index (κ1) is 5.83. The topological polar surface area (TPSA) is 0 Å². The van der Waals surface area contributed by atoms with Crippen LogP contribution in [0, 0.1) is 13.3 Å². The van der Waals surface area contributed by atoms with Crippen LogP contribution < -0.4 is 0 Å². The molecule has 8 heavy (non-hydrogen) atoms. The Morgan fingerprint density at radius 3 is 2.50 bits per heavy atom. The van der Waals surface area contributed by atoms with Gasteiger partial charge in [-0.25, -0.2) is 0 Å². The predicted molar refractivity (Wildman–Crippen MR) is 38.1 cm³/mol. The molecular formula is C7H9S. The first-order valence-corrected chi connectivity index (χ1v) is 3.50. The Morgan fingerprint density at radius 2 is 2.25 bits per heavy atom. The van der Waals surface area contributed by atoms with Crippen LogP contribution in [0.5, 0.6) is 0 Å². The molecule has 1 aromatic heterocycles. The molecule has 1 aromatic rings. The van der Waals surface area contributed by atoms with E-state index in [0.717, 1.165) is 0 Å². The van der Waals surface area contributed by atoms with Crippen LogP contribution in [0.1, 0.15) is 16.7 Å². The maximum absolute atomic E-state index is 2.14. The van der Waals surface area contributed by atoms with Crippen molar-refractivity contribution in [3.8, 4) is 0 Å². The number of hydrogen-bond acceptors (Lipinski definition) is 1. The van der Waals surface area contributed by atoms with Gasteiger partial charge >= 0.3 is 0 Å². The molecule has 0 aliphatic rings. The Balaban J connectivity index is 2.84. The summed E-state index contributed by atoms with van der Waals surface area (Å²) in [6.07, 6.45) is 2.12. The molecule has 1 radical (unpaired) electrons. The third-order valence-corrected chi connectivity index (χ3v) is 2.11. The first-order valence-electron chi connectivity index (χ1n) is 2.68. The fraction of sp³-hybridized carbons (Fsp3) is 0.286. The van der Waals surface area contributed by atoms with E-state index in [1.54, 1.807) is 0 Å². The smallest absolute Gasteiger partial charge is 0.00825 e. The molecule has 0 amide bonds. The molecule has 0 aliphatic heterocycles. The van der Waals surface area contributed by atoms with Gasteiger partial charge in [0.05, 0.1) is 0 Å². The Bertz CT molecular complexity index is 165. The van der Waals surface area contributed by atoms with Crippen molar-refractivity contribution in [3.05, 3.63) is 28.3 Å². The molecule has 0 unspecified atom stereocenters. The molecule has 0 aromatic carbocycles. The molecule has 0 atom stereocenters. The van der Waals surface area contributed by atoms with Crippen LogP contribution in [0.25, 0.3) is 0 Å². The normalized spacial score (nSPS) is 9.75. The molecule has 1 heterocycles. The van der Waals surface area contributed by atoms with Crippen molar-refractivity contribution in [2.75, 3.05) is 0 Å². The Morgan fingerprint density at radius 1 is 1.50 bits per heavy atom. The fourth-order valence-electron chi connectivity index (χ4n) is 0.609. The molecular weight excluding hydrogens is 116 g/mol. The lowest BCUT2D eigenvalue weighted by Gasteiger charge is -1.79. The van der Waals surface area contributed by atoms with Crippen molar-refractivity contribution in [1.82, 2.24) is 0 Å².